The number of hydrogen-bond donors (Lipinski definition) is 2. The predicted octanol–water partition coefficient (Wildman–Crippen LogP) is 2.35. The summed E-state index contributed by atoms with van der Waals surface area (Å²) in [6.07, 6.45) is 1.74. The van der Waals surface area contributed by atoms with E-state index in [1.165, 1.54) is 0 Å². The summed E-state index contributed by atoms with van der Waals surface area (Å²) >= 11 is 0. The summed E-state index contributed by atoms with van der Waals surface area (Å²) in [7, 11) is 3.41. The van der Waals surface area contributed by atoms with Gasteiger partial charge in [0, 0.05) is 32.4 Å². The Morgan fingerprint density at radius 2 is 1.88 bits per heavy atom. The molecule has 0 spiro atoms. The molecule has 0 atom stereocenters. The fraction of sp³-hybridized carbons (Fsp3) is 0.333. The van der Waals surface area contributed by atoms with Gasteiger partial charge in [-0.15, -0.1) is 0 Å². The maximum atomic E-state index is 5.41. The molecule has 0 unspecified atom stereocenters. The van der Waals surface area contributed by atoms with Gasteiger partial charge in [-0.3, -0.25) is 4.99 Å². The number of benzene rings is 1. The van der Waals surface area contributed by atoms with Gasteiger partial charge in [-0.25, -0.2) is 4.98 Å². The van der Waals surface area contributed by atoms with E-state index in [-0.39, 0.29) is 0 Å². The van der Waals surface area contributed by atoms with E-state index >= 15 is 0 Å². The second kappa shape index (κ2) is 9.39. The van der Waals surface area contributed by atoms with Crippen LogP contribution in [-0.4, -0.2) is 31.7 Å². The molecule has 0 amide bonds. The zero-order chi connectivity index (χ0) is 17.2. The molecule has 0 radical (unpaired) electrons. The minimum Gasteiger partial charge on any atom is -0.497 e. The summed E-state index contributed by atoms with van der Waals surface area (Å²) in [6.45, 7) is 3.85. The third-order valence-corrected chi connectivity index (χ3v) is 3.37. The first-order valence-corrected chi connectivity index (χ1v) is 7.90. The van der Waals surface area contributed by atoms with Crippen LogP contribution in [0.4, 0.5) is 0 Å². The average Bonchev–Trinajstić information content (AvgIpc) is 2.62. The number of rotatable bonds is 7. The van der Waals surface area contributed by atoms with Gasteiger partial charge in [-0.2, -0.15) is 0 Å². The Morgan fingerprint density at radius 3 is 2.54 bits per heavy atom. The highest BCUT2D eigenvalue weighted by molar-refractivity contribution is 5.79. The van der Waals surface area contributed by atoms with Gasteiger partial charge in [0.1, 0.15) is 5.75 Å². The summed E-state index contributed by atoms with van der Waals surface area (Å²) in [5.41, 5.74) is 2.21. The van der Waals surface area contributed by atoms with Gasteiger partial charge in [-0.05, 0) is 36.2 Å². The highest BCUT2D eigenvalue weighted by Crippen LogP contribution is 2.12. The van der Waals surface area contributed by atoms with Crippen molar-refractivity contribution in [3.05, 3.63) is 53.7 Å². The van der Waals surface area contributed by atoms with Crippen molar-refractivity contribution >= 4 is 5.96 Å². The number of nitrogens with zero attached hydrogens (tertiary/aromatic N) is 2. The smallest absolute Gasteiger partial charge is 0.213 e. The standard InChI is InChI=1S/C18H24N4O2/c1-4-24-17-11-15(8-9-20-17)13-22-18(19-2)21-12-14-6-5-7-16(10-14)23-3/h5-11H,4,12-13H2,1-3H3,(H2,19,21,22). The number of pyridine rings is 1. The zero-order valence-corrected chi connectivity index (χ0v) is 14.4. The van der Waals surface area contributed by atoms with Crippen LogP contribution in [-0.2, 0) is 13.1 Å². The van der Waals surface area contributed by atoms with Gasteiger partial charge >= 0.3 is 0 Å². The molecule has 128 valence electrons. The molecule has 1 aromatic heterocycles. The minimum atomic E-state index is 0.605. The van der Waals surface area contributed by atoms with Crippen LogP contribution in [0, 0.1) is 0 Å². The second-order valence-electron chi connectivity index (χ2n) is 5.07. The van der Waals surface area contributed by atoms with Crippen molar-refractivity contribution < 1.29 is 9.47 Å². The van der Waals surface area contributed by atoms with Crippen LogP contribution in [0.5, 0.6) is 11.6 Å². The number of nitrogens with one attached hydrogen (secondary N) is 2. The Balaban J connectivity index is 1.87. The molecule has 6 nitrogen and oxygen atoms in total. The summed E-state index contributed by atoms with van der Waals surface area (Å²) in [5, 5.41) is 6.56. The van der Waals surface area contributed by atoms with Crippen LogP contribution in [0.2, 0.25) is 0 Å². The topological polar surface area (TPSA) is 67.8 Å². The van der Waals surface area contributed by atoms with E-state index < -0.39 is 0 Å². The highest BCUT2D eigenvalue weighted by Gasteiger charge is 2.02. The molecule has 2 rings (SSSR count). The largest absolute Gasteiger partial charge is 0.497 e. The van der Waals surface area contributed by atoms with E-state index in [4.69, 9.17) is 9.47 Å². The van der Waals surface area contributed by atoms with E-state index in [2.05, 4.69) is 20.6 Å². The maximum absolute atomic E-state index is 5.41. The Morgan fingerprint density at radius 1 is 1.12 bits per heavy atom. The van der Waals surface area contributed by atoms with E-state index in [9.17, 15) is 0 Å². The minimum absolute atomic E-state index is 0.605. The molecular formula is C18H24N4O2. The first kappa shape index (κ1) is 17.6. The molecule has 6 heteroatoms. The number of methoxy groups -OCH3 is 1. The number of aromatic nitrogens is 1. The molecule has 2 aromatic rings. The van der Waals surface area contributed by atoms with Crippen molar-refractivity contribution in [2.24, 2.45) is 4.99 Å². The van der Waals surface area contributed by atoms with Crippen LogP contribution in [0.15, 0.2) is 47.6 Å². The molecular weight excluding hydrogens is 304 g/mol. The monoisotopic (exact) mass is 328 g/mol. The number of ether oxygens (including phenoxy) is 2. The van der Waals surface area contributed by atoms with Crippen LogP contribution in [0.25, 0.3) is 0 Å². The van der Waals surface area contributed by atoms with Gasteiger partial charge in [0.2, 0.25) is 5.88 Å². The van der Waals surface area contributed by atoms with Gasteiger partial charge < -0.3 is 20.1 Å². The van der Waals surface area contributed by atoms with Gasteiger partial charge in [-0.1, -0.05) is 12.1 Å². The van der Waals surface area contributed by atoms with Crippen molar-refractivity contribution in [2.75, 3.05) is 20.8 Å². The van der Waals surface area contributed by atoms with Crippen LogP contribution >= 0.6 is 0 Å². The normalized spacial score (nSPS) is 11.0. The molecule has 1 aromatic carbocycles. The molecule has 1 heterocycles. The highest BCUT2D eigenvalue weighted by atomic mass is 16.5. The fourth-order valence-electron chi connectivity index (χ4n) is 2.16. The molecule has 0 aliphatic heterocycles. The van der Waals surface area contributed by atoms with E-state index in [0.29, 0.717) is 25.6 Å². The summed E-state index contributed by atoms with van der Waals surface area (Å²) in [4.78, 5) is 8.40. The maximum Gasteiger partial charge on any atom is 0.213 e. The van der Waals surface area contributed by atoms with Crippen molar-refractivity contribution in [2.45, 2.75) is 20.0 Å². The molecule has 0 aliphatic rings. The Kier molecular flexibility index (Phi) is 6.89. The van der Waals surface area contributed by atoms with Crippen LogP contribution in [0.3, 0.4) is 0 Å². The average molecular weight is 328 g/mol. The van der Waals surface area contributed by atoms with Crippen molar-refractivity contribution in [1.82, 2.24) is 15.6 Å². The molecule has 24 heavy (non-hydrogen) atoms. The first-order chi connectivity index (χ1) is 11.7. The van der Waals surface area contributed by atoms with Crippen molar-refractivity contribution in [3.8, 4) is 11.6 Å². The van der Waals surface area contributed by atoms with Crippen molar-refractivity contribution in [1.29, 1.82) is 0 Å². The Labute approximate surface area is 142 Å². The zero-order valence-electron chi connectivity index (χ0n) is 14.4. The molecule has 0 fully saturated rings. The van der Waals surface area contributed by atoms with E-state index in [1.54, 1.807) is 20.4 Å². The first-order valence-electron chi connectivity index (χ1n) is 7.90. The number of guanidine groups is 1. The second-order valence-corrected chi connectivity index (χ2v) is 5.07. The lowest BCUT2D eigenvalue weighted by Crippen LogP contribution is -2.36. The van der Waals surface area contributed by atoms with E-state index in [0.717, 1.165) is 22.8 Å². The third-order valence-electron chi connectivity index (χ3n) is 3.37. The molecule has 0 aliphatic carbocycles. The number of aliphatic imine (C=N–C) groups is 1. The lowest BCUT2D eigenvalue weighted by molar-refractivity contribution is 0.326. The molecule has 0 saturated carbocycles. The lowest BCUT2D eigenvalue weighted by atomic mass is 10.2. The van der Waals surface area contributed by atoms with E-state index in [1.807, 2.05) is 43.3 Å². The quantitative estimate of drug-likeness (QED) is 0.603. The van der Waals surface area contributed by atoms with Gasteiger partial charge in [0.15, 0.2) is 5.96 Å². The fourth-order valence-corrected chi connectivity index (χ4v) is 2.16. The molecule has 2 N–H and O–H groups in total. The van der Waals surface area contributed by atoms with Gasteiger partial charge in [0.25, 0.3) is 0 Å². The SMILES string of the molecule is CCOc1cc(CNC(=NC)NCc2cccc(OC)c2)ccn1. The third kappa shape index (κ3) is 5.46. The summed E-state index contributed by atoms with van der Waals surface area (Å²) < 4.78 is 10.6. The lowest BCUT2D eigenvalue weighted by Gasteiger charge is -2.13. The predicted molar refractivity (Wildman–Crippen MR) is 95.4 cm³/mol. The van der Waals surface area contributed by atoms with Crippen molar-refractivity contribution in [3.63, 3.8) is 0 Å². The summed E-state index contributed by atoms with van der Waals surface area (Å²) in [6, 6.07) is 11.8. The summed E-state index contributed by atoms with van der Waals surface area (Å²) in [5.74, 6) is 2.21. The Hall–Kier alpha value is -2.76. The van der Waals surface area contributed by atoms with Crippen LogP contribution in [0.1, 0.15) is 18.1 Å². The number of hydrogen-bond acceptors (Lipinski definition) is 4. The van der Waals surface area contributed by atoms with Gasteiger partial charge in [0.05, 0.1) is 13.7 Å². The van der Waals surface area contributed by atoms with Crippen LogP contribution < -0.4 is 20.1 Å². The Bertz CT molecular complexity index is 674. The molecule has 0 bridgehead atoms. The molecule has 0 saturated heterocycles.